The van der Waals surface area contributed by atoms with E-state index in [2.05, 4.69) is 10.9 Å². The molecule has 1 saturated heterocycles. The maximum Gasteiger partial charge on any atom is 0.269 e. The number of amides is 3. The van der Waals surface area contributed by atoms with Crippen LogP contribution in [0.5, 0.6) is 5.75 Å². The molecule has 0 bridgehead atoms. The second-order valence-corrected chi connectivity index (χ2v) is 7.98. The highest BCUT2D eigenvalue weighted by atomic mass is 35.5. The maximum absolute atomic E-state index is 12.5. The Morgan fingerprint density at radius 1 is 0.909 bits per heavy atom. The summed E-state index contributed by atoms with van der Waals surface area (Å²) in [5.41, 5.74) is 7.13. The molecule has 0 aliphatic carbocycles. The van der Waals surface area contributed by atoms with Crippen LogP contribution in [0.4, 0.5) is 5.69 Å². The highest BCUT2D eigenvalue weighted by Crippen LogP contribution is 2.22. The standard InChI is InChI=1S/C25H22ClN3O4/c26-20-10-12-22(13-11-20)33-16-17-6-8-18(9-7-17)24(31)27-28-25(32)19-3-1-4-21(15-19)29-14-2-5-23(29)30/h1,3-4,6-13,15H,2,5,14,16H2,(H,27,31)(H,28,32). The lowest BCUT2D eigenvalue weighted by Gasteiger charge is -2.16. The van der Waals surface area contributed by atoms with Crippen molar-refractivity contribution >= 4 is 35.0 Å². The number of hydrogen-bond acceptors (Lipinski definition) is 4. The van der Waals surface area contributed by atoms with Crippen LogP contribution in [-0.4, -0.2) is 24.3 Å². The van der Waals surface area contributed by atoms with E-state index in [1.54, 1.807) is 77.7 Å². The smallest absolute Gasteiger partial charge is 0.269 e. The first-order chi connectivity index (χ1) is 16.0. The number of ether oxygens (including phenoxy) is 1. The summed E-state index contributed by atoms with van der Waals surface area (Å²) >= 11 is 5.86. The van der Waals surface area contributed by atoms with Crippen LogP contribution in [0.1, 0.15) is 39.1 Å². The van der Waals surface area contributed by atoms with Crippen LogP contribution in [0.2, 0.25) is 5.02 Å². The van der Waals surface area contributed by atoms with Crippen molar-refractivity contribution in [3.8, 4) is 5.75 Å². The normalized spacial score (nSPS) is 13.0. The maximum atomic E-state index is 12.5. The first-order valence-electron chi connectivity index (χ1n) is 10.5. The second kappa shape index (κ2) is 10.2. The molecule has 1 aliphatic heterocycles. The number of hydrazine groups is 1. The van der Waals surface area contributed by atoms with Gasteiger partial charge in [-0.3, -0.25) is 25.2 Å². The zero-order valence-electron chi connectivity index (χ0n) is 17.7. The summed E-state index contributed by atoms with van der Waals surface area (Å²) in [7, 11) is 0. The summed E-state index contributed by atoms with van der Waals surface area (Å²) in [6, 6.07) is 20.7. The van der Waals surface area contributed by atoms with Crippen molar-refractivity contribution in [2.75, 3.05) is 11.4 Å². The van der Waals surface area contributed by atoms with Gasteiger partial charge in [-0.2, -0.15) is 0 Å². The molecule has 0 saturated carbocycles. The molecule has 0 unspecified atom stereocenters. The largest absolute Gasteiger partial charge is 0.489 e. The molecule has 0 aromatic heterocycles. The molecular weight excluding hydrogens is 442 g/mol. The molecule has 4 rings (SSSR count). The molecule has 3 aromatic carbocycles. The third kappa shape index (κ3) is 5.70. The Bertz CT molecular complexity index is 1160. The number of hydrogen-bond donors (Lipinski definition) is 2. The number of anilines is 1. The molecule has 8 heteroatoms. The van der Waals surface area contributed by atoms with E-state index >= 15 is 0 Å². The Hall–Kier alpha value is -3.84. The molecule has 3 amide bonds. The number of carbonyl (C=O) groups is 3. The van der Waals surface area contributed by atoms with E-state index in [1.165, 1.54) is 0 Å². The van der Waals surface area contributed by atoms with Gasteiger partial charge in [0.05, 0.1) is 0 Å². The first kappa shape index (κ1) is 22.4. The van der Waals surface area contributed by atoms with Crippen molar-refractivity contribution in [3.63, 3.8) is 0 Å². The molecular formula is C25H22ClN3O4. The number of halogens is 1. The molecule has 1 aliphatic rings. The molecule has 3 aromatic rings. The summed E-state index contributed by atoms with van der Waals surface area (Å²) < 4.78 is 5.69. The highest BCUT2D eigenvalue weighted by molar-refractivity contribution is 6.30. The van der Waals surface area contributed by atoms with Crippen LogP contribution < -0.4 is 20.5 Å². The summed E-state index contributed by atoms with van der Waals surface area (Å²) in [5.74, 6) is -0.172. The van der Waals surface area contributed by atoms with Crippen LogP contribution in [0.25, 0.3) is 0 Å². The topological polar surface area (TPSA) is 87.7 Å². The van der Waals surface area contributed by atoms with E-state index in [-0.39, 0.29) is 5.91 Å². The van der Waals surface area contributed by atoms with Crippen LogP contribution in [0, 0.1) is 0 Å². The van der Waals surface area contributed by atoms with Gasteiger partial charge in [0.1, 0.15) is 12.4 Å². The second-order valence-electron chi connectivity index (χ2n) is 7.55. The van der Waals surface area contributed by atoms with Crippen LogP contribution in [0.15, 0.2) is 72.8 Å². The fourth-order valence-electron chi connectivity index (χ4n) is 3.44. The molecule has 168 valence electrons. The quantitative estimate of drug-likeness (QED) is 0.538. The molecule has 0 radical (unpaired) electrons. The van der Waals surface area contributed by atoms with E-state index in [0.717, 1.165) is 12.0 Å². The number of benzene rings is 3. The fraction of sp³-hybridized carbons (Fsp3) is 0.160. The van der Waals surface area contributed by atoms with Crippen LogP contribution >= 0.6 is 11.6 Å². The van der Waals surface area contributed by atoms with E-state index in [1.807, 2.05) is 0 Å². The van der Waals surface area contributed by atoms with Crippen molar-refractivity contribution < 1.29 is 19.1 Å². The predicted molar refractivity (Wildman–Crippen MR) is 125 cm³/mol. The van der Waals surface area contributed by atoms with Gasteiger partial charge in [-0.25, -0.2) is 0 Å². The Kier molecular flexibility index (Phi) is 6.90. The molecule has 7 nitrogen and oxygen atoms in total. The molecule has 1 fully saturated rings. The van der Waals surface area contributed by atoms with Crippen LogP contribution in [-0.2, 0) is 11.4 Å². The van der Waals surface area contributed by atoms with Crippen molar-refractivity contribution in [2.45, 2.75) is 19.4 Å². The van der Waals surface area contributed by atoms with E-state index < -0.39 is 11.8 Å². The van der Waals surface area contributed by atoms with Gasteiger partial charge in [0.2, 0.25) is 5.91 Å². The Balaban J connectivity index is 1.30. The van der Waals surface area contributed by atoms with Gasteiger partial charge in [0.15, 0.2) is 0 Å². The highest BCUT2D eigenvalue weighted by Gasteiger charge is 2.22. The van der Waals surface area contributed by atoms with E-state index in [4.69, 9.17) is 16.3 Å². The summed E-state index contributed by atoms with van der Waals surface area (Å²) in [6.07, 6.45) is 1.32. The summed E-state index contributed by atoms with van der Waals surface area (Å²) in [4.78, 5) is 38.5. The lowest BCUT2D eigenvalue weighted by molar-refractivity contribution is -0.117. The zero-order valence-corrected chi connectivity index (χ0v) is 18.5. The molecule has 2 N–H and O–H groups in total. The Labute approximate surface area is 196 Å². The van der Waals surface area contributed by atoms with Crippen molar-refractivity contribution in [1.82, 2.24) is 10.9 Å². The molecule has 1 heterocycles. The minimum absolute atomic E-state index is 0.0443. The monoisotopic (exact) mass is 463 g/mol. The van der Waals surface area contributed by atoms with Crippen LogP contribution in [0.3, 0.4) is 0 Å². The number of carbonyl (C=O) groups excluding carboxylic acids is 3. The zero-order chi connectivity index (χ0) is 23.2. The Morgan fingerprint density at radius 3 is 2.27 bits per heavy atom. The predicted octanol–water partition coefficient (Wildman–Crippen LogP) is 4.12. The average Bonchev–Trinajstić information content (AvgIpc) is 3.28. The van der Waals surface area contributed by atoms with Gasteiger partial charge < -0.3 is 9.64 Å². The van der Waals surface area contributed by atoms with E-state index in [0.29, 0.717) is 47.2 Å². The molecule has 0 spiro atoms. The summed E-state index contributed by atoms with van der Waals surface area (Å²) in [6.45, 7) is 0.984. The van der Waals surface area contributed by atoms with Gasteiger partial charge in [-0.15, -0.1) is 0 Å². The van der Waals surface area contributed by atoms with E-state index in [9.17, 15) is 14.4 Å². The first-order valence-corrected chi connectivity index (χ1v) is 10.9. The molecule has 33 heavy (non-hydrogen) atoms. The SMILES string of the molecule is O=C(NNC(=O)c1cccc(N2CCCC2=O)c1)c1ccc(COc2ccc(Cl)cc2)cc1. The minimum Gasteiger partial charge on any atom is -0.489 e. The molecule has 0 atom stereocenters. The third-order valence-electron chi connectivity index (χ3n) is 5.22. The third-order valence-corrected chi connectivity index (χ3v) is 5.47. The fourth-order valence-corrected chi connectivity index (χ4v) is 3.57. The van der Waals surface area contributed by atoms with Gasteiger partial charge in [0.25, 0.3) is 11.8 Å². The van der Waals surface area contributed by atoms with Gasteiger partial charge >= 0.3 is 0 Å². The van der Waals surface area contributed by atoms with Gasteiger partial charge in [-0.05, 0) is 66.6 Å². The number of nitrogens with zero attached hydrogens (tertiary/aromatic N) is 1. The summed E-state index contributed by atoms with van der Waals surface area (Å²) in [5, 5.41) is 0.638. The van der Waals surface area contributed by atoms with Gasteiger partial charge in [-0.1, -0.05) is 29.8 Å². The van der Waals surface area contributed by atoms with Crippen molar-refractivity contribution in [1.29, 1.82) is 0 Å². The Morgan fingerprint density at radius 2 is 1.61 bits per heavy atom. The van der Waals surface area contributed by atoms with Gasteiger partial charge in [0, 0.05) is 34.8 Å². The minimum atomic E-state index is -0.468. The lowest BCUT2D eigenvalue weighted by Crippen LogP contribution is -2.41. The lowest BCUT2D eigenvalue weighted by atomic mass is 10.1. The van der Waals surface area contributed by atoms with Crippen molar-refractivity contribution in [2.24, 2.45) is 0 Å². The number of nitrogens with one attached hydrogen (secondary N) is 2. The number of rotatable bonds is 6. The van der Waals surface area contributed by atoms with Crippen molar-refractivity contribution in [3.05, 3.63) is 94.5 Å². The average molecular weight is 464 g/mol.